The van der Waals surface area contributed by atoms with Gasteiger partial charge < -0.3 is 9.64 Å². The van der Waals surface area contributed by atoms with Crippen LogP contribution in [0.4, 0.5) is 0 Å². The molecule has 2 atom stereocenters. The fourth-order valence-corrected chi connectivity index (χ4v) is 3.20. The second kappa shape index (κ2) is 7.05. The van der Waals surface area contributed by atoms with Crippen LogP contribution in [0.5, 0.6) is 0 Å². The summed E-state index contributed by atoms with van der Waals surface area (Å²) in [6.07, 6.45) is 4.13. The van der Waals surface area contributed by atoms with Gasteiger partial charge in [-0.1, -0.05) is 30.3 Å². The highest BCUT2D eigenvalue weighted by Gasteiger charge is 2.32. The molecule has 0 bridgehead atoms. The molecule has 2 fully saturated rings. The Hall–Kier alpha value is -1.39. The molecule has 2 saturated heterocycles. The SMILES string of the molecule is O=C1C(CCc2ccccc2)NCN1CC1CCCOC1. The van der Waals surface area contributed by atoms with Crippen molar-refractivity contribution < 1.29 is 9.53 Å². The van der Waals surface area contributed by atoms with Gasteiger partial charge >= 0.3 is 0 Å². The zero-order chi connectivity index (χ0) is 14.5. The molecule has 1 amide bonds. The lowest BCUT2D eigenvalue weighted by Crippen LogP contribution is -2.36. The molecule has 2 unspecified atom stereocenters. The van der Waals surface area contributed by atoms with Crippen molar-refractivity contribution in [2.24, 2.45) is 5.92 Å². The second-order valence-electron chi connectivity index (χ2n) is 6.08. The van der Waals surface area contributed by atoms with Gasteiger partial charge in [-0.05, 0) is 31.2 Å². The van der Waals surface area contributed by atoms with E-state index >= 15 is 0 Å². The molecular weight excluding hydrogens is 264 g/mol. The molecule has 2 aliphatic rings. The Morgan fingerprint density at radius 1 is 1.29 bits per heavy atom. The average molecular weight is 288 g/mol. The Morgan fingerprint density at radius 2 is 2.14 bits per heavy atom. The van der Waals surface area contributed by atoms with Crippen LogP contribution in [0.3, 0.4) is 0 Å². The van der Waals surface area contributed by atoms with Gasteiger partial charge in [0.2, 0.25) is 5.91 Å². The summed E-state index contributed by atoms with van der Waals surface area (Å²) in [5.74, 6) is 0.772. The van der Waals surface area contributed by atoms with Gasteiger partial charge in [0.25, 0.3) is 0 Å². The summed E-state index contributed by atoms with van der Waals surface area (Å²) in [4.78, 5) is 14.4. The maximum atomic E-state index is 12.4. The topological polar surface area (TPSA) is 41.6 Å². The quantitative estimate of drug-likeness (QED) is 0.898. The Morgan fingerprint density at radius 3 is 2.90 bits per heavy atom. The summed E-state index contributed by atoms with van der Waals surface area (Å²) in [7, 11) is 0. The largest absolute Gasteiger partial charge is 0.381 e. The van der Waals surface area contributed by atoms with Crippen molar-refractivity contribution >= 4 is 5.91 Å². The van der Waals surface area contributed by atoms with Crippen LogP contribution in [-0.4, -0.2) is 43.3 Å². The normalized spacial score (nSPS) is 26.3. The maximum Gasteiger partial charge on any atom is 0.240 e. The van der Waals surface area contributed by atoms with E-state index in [0.717, 1.165) is 39.0 Å². The highest BCUT2D eigenvalue weighted by atomic mass is 16.5. The first-order valence-corrected chi connectivity index (χ1v) is 7.97. The smallest absolute Gasteiger partial charge is 0.240 e. The number of hydrogen-bond donors (Lipinski definition) is 1. The third-order valence-corrected chi connectivity index (χ3v) is 4.44. The van der Waals surface area contributed by atoms with Gasteiger partial charge in [-0.2, -0.15) is 0 Å². The van der Waals surface area contributed by atoms with E-state index in [0.29, 0.717) is 12.6 Å². The van der Waals surface area contributed by atoms with E-state index in [1.54, 1.807) is 0 Å². The molecule has 0 aromatic heterocycles. The Balaban J connectivity index is 1.47. The van der Waals surface area contributed by atoms with E-state index in [4.69, 9.17) is 4.74 Å². The molecule has 114 valence electrons. The molecule has 0 aliphatic carbocycles. The van der Waals surface area contributed by atoms with E-state index in [2.05, 4.69) is 29.6 Å². The predicted molar refractivity (Wildman–Crippen MR) is 81.8 cm³/mol. The van der Waals surface area contributed by atoms with Gasteiger partial charge in [0.15, 0.2) is 0 Å². The van der Waals surface area contributed by atoms with Crippen LogP contribution in [0.15, 0.2) is 30.3 Å². The zero-order valence-corrected chi connectivity index (χ0v) is 12.5. The number of hydrogen-bond acceptors (Lipinski definition) is 3. The van der Waals surface area contributed by atoms with E-state index in [9.17, 15) is 4.79 Å². The highest BCUT2D eigenvalue weighted by Crippen LogP contribution is 2.18. The Labute approximate surface area is 126 Å². The number of nitrogens with one attached hydrogen (secondary N) is 1. The van der Waals surface area contributed by atoms with Crippen LogP contribution in [-0.2, 0) is 16.0 Å². The Bertz CT molecular complexity index is 457. The lowest BCUT2D eigenvalue weighted by Gasteiger charge is -2.26. The molecule has 0 saturated carbocycles. The number of ether oxygens (including phenoxy) is 1. The van der Waals surface area contributed by atoms with Crippen LogP contribution in [0.25, 0.3) is 0 Å². The van der Waals surface area contributed by atoms with Crippen molar-refractivity contribution in [2.75, 3.05) is 26.4 Å². The predicted octanol–water partition coefficient (Wildman–Crippen LogP) is 1.80. The molecule has 0 spiro atoms. The third-order valence-electron chi connectivity index (χ3n) is 4.44. The monoisotopic (exact) mass is 288 g/mol. The summed E-state index contributed by atoms with van der Waals surface area (Å²) >= 11 is 0. The zero-order valence-electron chi connectivity index (χ0n) is 12.5. The second-order valence-corrected chi connectivity index (χ2v) is 6.08. The summed E-state index contributed by atoms with van der Waals surface area (Å²) in [6, 6.07) is 10.3. The number of carbonyl (C=O) groups is 1. The standard InChI is InChI=1S/C17H24N2O2/c20-17-16(9-8-14-5-2-1-3-6-14)18-13-19(17)11-15-7-4-10-21-12-15/h1-3,5-6,15-16,18H,4,7-13H2. The minimum absolute atomic E-state index is 0.0188. The van der Waals surface area contributed by atoms with E-state index in [1.807, 2.05) is 11.0 Å². The number of rotatable bonds is 5. The van der Waals surface area contributed by atoms with Crippen LogP contribution >= 0.6 is 0 Å². The van der Waals surface area contributed by atoms with Crippen molar-refractivity contribution in [3.05, 3.63) is 35.9 Å². The minimum atomic E-state index is -0.0188. The highest BCUT2D eigenvalue weighted by molar-refractivity contribution is 5.83. The first-order valence-electron chi connectivity index (χ1n) is 7.97. The fourth-order valence-electron chi connectivity index (χ4n) is 3.20. The molecule has 0 radical (unpaired) electrons. The van der Waals surface area contributed by atoms with Gasteiger partial charge in [-0.15, -0.1) is 0 Å². The lowest BCUT2D eigenvalue weighted by molar-refractivity contribution is -0.130. The molecule has 21 heavy (non-hydrogen) atoms. The minimum Gasteiger partial charge on any atom is -0.381 e. The van der Waals surface area contributed by atoms with Gasteiger partial charge in [-0.3, -0.25) is 10.1 Å². The molecule has 1 aromatic rings. The van der Waals surface area contributed by atoms with Crippen molar-refractivity contribution in [3.63, 3.8) is 0 Å². The van der Waals surface area contributed by atoms with Crippen LogP contribution in [0.2, 0.25) is 0 Å². The average Bonchev–Trinajstić information content (AvgIpc) is 2.88. The summed E-state index contributed by atoms with van der Waals surface area (Å²) in [6.45, 7) is 3.21. The first-order chi connectivity index (χ1) is 10.3. The molecule has 4 nitrogen and oxygen atoms in total. The van der Waals surface area contributed by atoms with E-state index in [-0.39, 0.29) is 11.9 Å². The summed E-state index contributed by atoms with van der Waals surface area (Å²) in [5, 5.41) is 3.35. The maximum absolute atomic E-state index is 12.4. The Kier molecular flexibility index (Phi) is 4.88. The van der Waals surface area contributed by atoms with E-state index < -0.39 is 0 Å². The number of carbonyl (C=O) groups excluding carboxylic acids is 1. The van der Waals surface area contributed by atoms with Crippen molar-refractivity contribution in [3.8, 4) is 0 Å². The van der Waals surface area contributed by atoms with Gasteiger partial charge in [0.1, 0.15) is 0 Å². The first kappa shape index (κ1) is 14.5. The third kappa shape index (κ3) is 3.83. The van der Waals surface area contributed by atoms with Crippen molar-refractivity contribution in [1.82, 2.24) is 10.2 Å². The fraction of sp³-hybridized carbons (Fsp3) is 0.588. The van der Waals surface area contributed by atoms with Crippen molar-refractivity contribution in [2.45, 2.75) is 31.7 Å². The van der Waals surface area contributed by atoms with Crippen LogP contribution in [0.1, 0.15) is 24.8 Å². The molecule has 3 rings (SSSR count). The van der Waals surface area contributed by atoms with Crippen LogP contribution in [0, 0.1) is 5.92 Å². The lowest BCUT2D eigenvalue weighted by atomic mass is 10.0. The molecule has 1 N–H and O–H groups in total. The van der Waals surface area contributed by atoms with Gasteiger partial charge in [-0.25, -0.2) is 0 Å². The van der Waals surface area contributed by atoms with Crippen LogP contribution < -0.4 is 5.32 Å². The van der Waals surface area contributed by atoms with Crippen molar-refractivity contribution in [1.29, 1.82) is 0 Å². The molecular formula is C17H24N2O2. The molecule has 2 aliphatic heterocycles. The number of aryl methyl sites for hydroxylation is 1. The summed E-state index contributed by atoms with van der Waals surface area (Å²) in [5.41, 5.74) is 1.30. The number of nitrogens with zero attached hydrogens (tertiary/aromatic N) is 1. The number of benzene rings is 1. The number of amides is 1. The van der Waals surface area contributed by atoms with E-state index in [1.165, 1.54) is 12.0 Å². The van der Waals surface area contributed by atoms with Gasteiger partial charge in [0.05, 0.1) is 19.3 Å². The molecule has 1 aromatic carbocycles. The van der Waals surface area contributed by atoms with Gasteiger partial charge in [0, 0.05) is 19.1 Å². The summed E-state index contributed by atoms with van der Waals surface area (Å²) < 4.78 is 5.50. The molecule has 4 heteroatoms. The molecule has 2 heterocycles.